The largest absolute Gasteiger partial charge is 0.768 e. The summed E-state index contributed by atoms with van der Waals surface area (Å²) in [6, 6.07) is 17.4. The molecule has 1 unspecified atom stereocenters. The number of ketones is 1. The fraction of sp³-hybridized carbons (Fsp3) is 0.0556. The number of hydrogen-bond donors (Lipinski definition) is 1. The number of aliphatic hydroxyl groups is 1. The number of carbonyl (C=O) groups is 1. The van der Waals surface area contributed by atoms with Crippen molar-refractivity contribution in [2.24, 2.45) is 0 Å². The molecule has 1 N–H and O–H groups in total. The number of Topliss-reactive ketones (excluding diaryl/α,β-unsaturated/α-hetero) is 1. The van der Waals surface area contributed by atoms with Gasteiger partial charge in [-0.1, -0.05) is 60.7 Å². The molecule has 6 heteroatoms. The van der Waals surface area contributed by atoms with Gasteiger partial charge in [-0.3, -0.25) is 9.00 Å². The summed E-state index contributed by atoms with van der Waals surface area (Å²) < 4.78 is 27.9. The van der Waals surface area contributed by atoms with Crippen LogP contribution in [0.1, 0.15) is 11.1 Å². The molecule has 2 aromatic carbocycles. The summed E-state index contributed by atoms with van der Waals surface area (Å²) in [5.74, 6) is -1.08. The molecule has 0 aliphatic carbocycles. The third kappa shape index (κ3) is 4.99. The quantitative estimate of drug-likeness (QED) is 0.361. The molecule has 1 atom stereocenters. The summed E-state index contributed by atoms with van der Waals surface area (Å²) in [6.45, 7) is -0.742. The van der Waals surface area contributed by atoms with E-state index < -0.39 is 28.6 Å². The minimum absolute atomic E-state index is 0.255. The van der Waals surface area contributed by atoms with Gasteiger partial charge in [0, 0.05) is 0 Å². The molecule has 2 rings (SSSR count). The Morgan fingerprint density at radius 3 is 1.96 bits per heavy atom. The zero-order chi connectivity index (χ0) is 17.4. The minimum atomic E-state index is -2.76. The van der Waals surface area contributed by atoms with Crippen LogP contribution in [0, 0.1) is 0 Å². The van der Waals surface area contributed by atoms with E-state index in [2.05, 4.69) is 0 Å². The van der Waals surface area contributed by atoms with Crippen LogP contribution in [0.15, 0.2) is 71.3 Å². The number of benzene rings is 2. The molecule has 0 heterocycles. The molecule has 0 spiro atoms. The maximum atomic E-state index is 12.5. The van der Waals surface area contributed by atoms with Gasteiger partial charge < -0.3 is 14.4 Å². The molecular formula is C18H15O5S-. The molecule has 124 valence electrons. The van der Waals surface area contributed by atoms with Crippen LogP contribution in [-0.4, -0.2) is 26.4 Å². The summed E-state index contributed by atoms with van der Waals surface area (Å²) >= 11 is -2.76. The van der Waals surface area contributed by atoms with Crippen molar-refractivity contribution in [3.63, 3.8) is 0 Å². The normalized spacial score (nSPS) is 13.4. The first-order valence-electron chi connectivity index (χ1n) is 7.03. The highest BCUT2D eigenvalue weighted by molar-refractivity contribution is 7.84. The maximum absolute atomic E-state index is 12.5. The standard InChI is InChI=1S/C18H16O5S/c19-13-23-16(11-14-7-3-1-4-8-14)18(20)17(24(21)22)12-15-9-5-2-6-10-15/h1-12,19H,13H2,(H,21,22)/p-1. The zero-order valence-electron chi connectivity index (χ0n) is 12.6. The van der Waals surface area contributed by atoms with Crippen molar-refractivity contribution in [2.75, 3.05) is 6.79 Å². The minimum Gasteiger partial charge on any atom is -0.768 e. The fourth-order valence-corrected chi connectivity index (χ4v) is 2.44. The lowest BCUT2D eigenvalue weighted by Gasteiger charge is -2.13. The van der Waals surface area contributed by atoms with Crippen molar-refractivity contribution < 1.29 is 23.4 Å². The van der Waals surface area contributed by atoms with E-state index in [1.165, 1.54) is 12.2 Å². The van der Waals surface area contributed by atoms with Crippen LogP contribution in [0.2, 0.25) is 0 Å². The van der Waals surface area contributed by atoms with Crippen molar-refractivity contribution in [3.8, 4) is 0 Å². The fourth-order valence-electron chi connectivity index (χ4n) is 1.95. The number of hydrogen-bond acceptors (Lipinski definition) is 5. The highest BCUT2D eigenvalue weighted by Crippen LogP contribution is 2.17. The van der Waals surface area contributed by atoms with E-state index >= 15 is 0 Å². The van der Waals surface area contributed by atoms with Gasteiger partial charge in [-0.15, -0.1) is 0 Å². The van der Waals surface area contributed by atoms with Crippen molar-refractivity contribution in [3.05, 3.63) is 82.5 Å². The summed E-state index contributed by atoms with van der Waals surface area (Å²) in [5, 5.41) is 8.98. The maximum Gasteiger partial charge on any atom is 0.235 e. The van der Waals surface area contributed by atoms with Crippen LogP contribution in [0.25, 0.3) is 12.2 Å². The van der Waals surface area contributed by atoms with E-state index in [1.54, 1.807) is 60.7 Å². The van der Waals surface area contributed by atoms with Crippen LogP contribution >= 0.6 is 0 Å². The lowest BCUT2D eigenvalue weighted by atomic mass is 10.1. The highest BCUT2D eigenvalue weighted by atomic mass is 32.2. The van der Waals surface area contributed by atoms with Gasteiger partial charge in [-0.2, -0.15) is 0 Å². The molecule has 24 heavy (non-hydrogen) atoms. The zero-order valence-corrected chi connectivity index (χ0v) is 13.4. The van der Waals surface area contributed by atoms with Crippen LogP contribution in [0.4, 0.5) is 0 Å². The molecule has 0 amide bonds. The second-order valence-electron chi connectivity index (χ2n) is 4.68. The van der Waals surface area contributed by atoms with Crippen molar-refractivity contribution >= 4 is 29.0 Å². The topological polar surface area (TPSA) is 86.7 Å². The number of aliphatic hydroxyl groups excluding tert-OH is 1. The van der Waals surface area contributed by atoms with Crippen molar-refractivity contribution in [2.45, 2.75) is 0 Å². The number of rotatable bonds is 7. The Morgan fingerprint density at radius 1 is 1.00 bits per heavy atom. The first kappa shape index (κ1) is 17.8. The van der Waals surface area contributed by atoms with Crippen LogP contribution in [-0.2, 0) is 20.6 Å². The van der Waals surface area contributed by atoms with E-state index in [-0.39, 0.29) is 5.76 Å². The molecule has 0 aliphatic heterocycles. The lowest BCUT2D eigenvalue weighted by Crippen LogP contribution is -2.13. The van der Waals surface area contributed by atoms with Gasteiger partial charge in [0.15, 0.2) is 12.6 Å². The molecule has 0 radical (unpaired) electrons. The van der Waals surface area contributed by atoms with E-state index in [4.69, 9.17) is 9.84 Å². The Morgan fingerprint density at radius 2 is 1.50 bits per heavy atom. The van der Waals surface area contributed by atoms with Crippen molar-refractivity contribution in [1.29, 1.82) is 0 Å². The van der Waals surface area contributed by atoms with E-state index in [1.807, 2.05) is 0 Å². The summed E-state index contributed by atoms with van der Waals surface area (Å²) in [4.78, 5) is 12.1. The number of allylic oxidation sites excluding steroid dienone is 1. The SMILES string of the molecule is O=C(C(=Cc1ccccc1)OCO)C(=Cc1ccccc1)S(=O)[O-]. The molecular weight excluding hydrogens is 328 g/mol. The Balaban J connectivity index is 2.41. The van der Waals surface area contributed by atoms with Crippen molar-refractivity contribution in [1.82, 2.24) is 0 Å². The third-order valence-corrected chi connectivity index (χ3v) is 3.70. The van der Waals surface area contributed by atoms with Gasteiger partial charge in [-0.25, -0.2) is 0 Å². The number of carbonyl (C=O) groups excluding carboxylic acids is 1. The predicted octanol–water partition coefficient (Wildman–Crippen LogP) is 2.48. The second-order valence-corrected chi connectivity index (χ2v) is 5.59. The lowest BCUT2D eigenvalue weighted by molar-refractivity contribution is -0.116. The van der Waals surface area contributed by atoms with Gasteiger partial charge in [0.25, 0.3) is 0 Å². The Labute approximate surface area is 142 Å². The molecule has 0 bridgehead atoms. The molecule has 0 aromatic heterocycles. The van der Waals surface area contributed by atoms with Gasteiger partial charge in [-0.05, 0) is 34.4 Å². The Bertz CT molecular complexity index is 767. The van der Waals surface area contributed by atoms with E-state index in [0.29, 0.717) is 11.1 Å². The van der Waals surface area contributed by atoms with Crippen LogP contribution < -0.4 is 0 Å². The molecule has 2 aromatic rings. The van der Waals surface area contributed by atoms with Gasteiger partial charge >= 0.3 is 0 Å². The second kappa shape index (κ2) is 8.93. The van der Waals surface area contributed by atoms with Gasteiger partial charge in [0.05, 0.1) is 4.91 Å². The first-order chi connectivity index (χ1) is 11.6. The monoisotopic (exact) mass is 343 g/mol. The average molecular weight is 343 g/mol. The van der Waals surface area contributed by atoms with E-state index in [0.717, 1.165) is 0 Å². The first-order valence-corrected chi connectivity index (χ1v) is 8.10. The summed E-state index contributed by atoms with van der Waals surface area (Å²) in [5.41, 5.74) is 1.21. The summed E-state index contributed by atoms with van der Waals surface area (Å²) in [7, 11) is 0. The van der Waals surface area contributed by atoms with Gasteiger partial charge in [0.1, 0.15) is 0 Å². The third-order valence-electron chi connectivity index (χ3n) is 3.04. The molecule has 0 fully saturated rings. The summed E-state index contributed by atoms with van der Waals surface area (Å²) in [6.07, 6.45) is 2.63. The highest BCUT2D eigenvalue weighted by Gasteiger charge is 2.18. The average Bonchev–Trinajstić information content (AvgIpc) is 2.60. The predicted molar refractivity (Wildman–Crippen MR) is 90.9 cm³/mol. The molecule has 5 nitrogen and oxygen atoms in total. The van der Waals surface area contributed by atoms with E-state index in [9.17, 15) is 13.6 Å². The molecule has 0 saturated heterocycles. The Hall–Kier alpha value is -2.54. The van der Waals surface area contributed by atoms with Crippen LogP contribution in [0.5, 0.6) is 0 Å². The smallest absolute Gasteiger partial charge is 0.235 e. The Kier molecular flexibility index (Phi) is 6.62. The number of ether oxygens (including phenoxy) is 1. The van der Waals surface area contributed by atoms with Gasteiger partial charge in [0.2, 0.25) is 5.78 Å². The molecule has 0 saturated carbocycles. The van der Waals surface area contributed by atoms with Crippen LogP contribution in [0.3, 0.4) is 0 Å². The molecule has 0 aliphatic rings.